The molecule has 0 radical (unpaired) electrons. The van der Waals surface area contributed by atoms with E-state index >= 15 is 0 Å². The quantitative estimate of drug-likeness (QED) is 0.180. The Bertz CT molecular complexity index is 2250. The first-order valence-corrected chi connectivity index (χ1v) is 14.3. The minimum Gasteiger partial charge on any atom is -0.507 e. The molecular weight excluding hydrogens is 584 g/mol. The number of imide groups is 2. The Balaban J connectivity index is 1.13. The second-order valence-corrected chi connectivity index (χ2v) is 11.0. The molecule has 8 rings (SSSR count). The van der Waals surface area contributed by atoms with E-state index in [1.165, 1.54) is 48.5 Å². The molecule has 0 atom stereocenters. The van der Waals surface area contributed by atoms with Gasteiger partial charge in [-0.05, 0) is 48.5 Å². The number of hydrogen-bond donors (Lipinski definition) is 2. The highest BCUT2D eigenvalue weighted by atomic mass is 16.3. The van der Waals surface area contributed by atoms with E-state index in [2.05, 4.69) is 0 Å². The summed E-state index contributed by atoms with van der Waals surface area (Å²) in [5.74, 6) is -2.82. The van der Waals surface area contributed by atoms with E-state index in [4.69, 9.17) is 0 Å². The average molecular weight is 605 g/mol. The summed E-state index contributed by atoms with van der Waals surface area (Å²) in [5, 5.41) is 22.6. The number of fused-ring (bicyclic) bond motifs is 4. The van der Waals surface area contributed by atoms with Crippen LogP contribution in [-0.4, -0.2) is 39.6 Å². The molecular formula is C37H20N2O7. The van der Waals surface area contributed by atoms with Gasteiger partial charge in [-0.1, -0.05) is 60.7 Å². The summed E-state index contributed by atoms with van der Waals surface area (Å²) in [5.41, 5.74) is 1.21. The van der Waals surface area contributed by atoms with Gasteiger partial charge in [0.05, 0.1) is 33.6 Å². The van der Waals surface area contributed by atoms with Crippen LogP contribution >= 0.6 is 0 Å². The van der Waals surface area contributed by atoms with Gasteiger partial charge < -0.3 is 10.2 Å². The fraction of sp³-hybridized carbons (Fsp3) is 0. The predicted octanol–water partition coefficient (Wildman–Crippen LogP) is 6.24. The Hall–Kier alpha value is -6.61. The molecule has 2 heterocycles. The molecule has 2 aliphatic heterocycles. The number of nitrogens with zero attached hydrogens (tertiary/aromatic N) is 2. The van der Waals surface area contributed by atoms with Gasteiger partial charge in [0.25, 0.3) is 23.6 Å². The minimum atomic E-state index is -0.614. The number of phenols is 2. The number of rotatable bonds is 4. The van der Waals surface area contributed by atoms with Crippen molar-refractivity contribution >= 4 is 62.3 Å². The van der Waals surface area contributed by atoms with Crippen molar-refractivity contribution in [2.75, 3.05) is 9.80 Å². The first-order valence-electron chi connectivity index (χ1n) is 14.3. The smallest absolute Gasteiger partial charge is 0.266 e. The third kappa shape index (κ3) is 3.72. The van der Waals surface area contributed by atoms with Gasteiger partial charge >= 0.3 is 0 Å². The minimum absolute atomic E-state index is 0.0120. The third-order valence-corrected chi connectivity index (χ3v) is 8.53. The molecule has 0 saturated carbocycles. The van der Waals surface area contributed by atoms with Crippen LogP contribution in [0.4, 0.5) is 11.4 Å². The Kier molecular flexibility index (Phi) is 5.69. The number of aromatic hydroxyl groups is 2. The van der Waals surface area contributed by atoms with Crippen LogP contribution in [0.1, 0.15) is 57.4 Å². The summed E-state index contributed by atoms with van der Waals surface area (Å²) in [4.78, 5) is 69.7. The van der Waals surface area contributed by atoms with Crippen molar-refractivity contribution in [3.8, 4) is 11.5 Å². The van der Waals surface area contributed by atoms with Crippen molar-refractivity contribution in [2.45, 2.75) is 0 Å². The first kappa shape index (κ1) is 27.0. The third-order valence-electron chi connectivity index (χ3n) is 8.53. The molecule has 0 aliphatic carbocycles. The van der Waals surface area contributed by atoms with Gasteiger partial charge in [0, 0.05) is 32.7 Å². The van der Waals surface area contributed by atoms with E-state index in [1.807, 2.05) is 0 Å². The highest BCUT2D eigenvalue weighted by Crippen LogP contribution is 2.38. The summed E-state index contributed by atoms with van der Waals surface area (Å²) in [6, 6.07) is 28.0. The Labute approximate surface area is 260 Å². The predicted molar refractivity (Wildman–Crippen MR) is 170 cm³/mol. The van der Waals surface area contributed by atoms with Gasteiger partial charge in [0.1, 0.15) is 11.5 Å². The molecule has 0 saturated heterocycles. The fourth-order valence-electron chi connectivity index (χ4n) is 6.31. The standard InChI is InChI=1S/C37H20N2O7/c40-31-11-3-5-21-23(31)7-1-9-29(21)38-34(43)25-15-13-19(17-27(25)36(38)45)33(42)20-14-16-26-28(18-20)37(46)39(35(26)44)30-10-2-8-24-22(30)6-4-12-32(24)41/h1-18,40-41H. The number of hydrogen-bond acceptors (Lipinski definition) is 7. The largest absolute Gasteiger partial charge is 0.507 e. The maximum Gasteiger partial charge on any atom is 0.266 e. The number of anilines is 2. The maximum absolute atomic E-state index is 13.7. The number of ketones is 1. The number of carbonyl (C=O) groups excluding carboxylic acids is 5. The van der Waals surface area contributed by atoms with E-state index in [1.54, 1.807) is 60.7 Å². The van der Waals surface area contributed by atoms with Crippen LogP contribution in [0.15, 0.2) is 109 Å². The summed E-state index contributed by atoms with van der Waals surface area (Å²) >= 11 is 0. The van der Waals surface area contributed by atoms with Gasteiger partial charge in [-0.2, -0.15) is 0 Å². The molecule has 2 N–H and O–H groups in total. The summed E-state index contributed by atoms with van der Waals surface area (Å²) in [6.07, 6.45) is 0. The highest BCUT2D eigenvalue weighted by molar-refractivity contribution is 6.37. The highest BCUT2D eigenvalue weighted by Gasteiger charge is 2.40. The molecule has 6 aromatic rings. The SMILES string of the molecule is O=C(c1ccc2c(c1)C(=O)N(c1cccc3c(O)cccc13)C2=O)c1ccc2c(c1)C(=O)N(c1cccc3c(O)cccc13)C2=O. The van der Waals surface area contributed by atoms with Gasteiger partial charge in [0.15, 0.2) is 5.78 Å². The second-order valence-electron chi connectivity index (χ2n) is 11.0. The molecule has 0 spiro atoms. The van der Waals surface area contributed by atoms with Crippen LogP contribution in [0.5, 0.6) is 11.5 Å². The van der Waals surface area contributed by atoms with Gasteiger partial charge in [0.2, 0.25) is 0 Å². The Morgan fingerprint density at radius 3 is 1.24 bits per heavy atom. The molecule has 0 aromatic heterocycles. The Morgan fingerprint density at radius 1 is 0.435 bits per heavy atom. The van der Waals surface area contributed by atoms with E-state index in [-0.39, 0.29) is 44.9 Å². The molecule has 220 valence electrons. The van der Waals surface area contributed by atoms with Gasteiger partial charge in [-0.15, -0.1) is 0 Å². The van der Waals surface area contributed by atoms with Crippen LogP contribution in [0, 0.1) is 0 Å². The van der Waals surface area contributed by atoms with Gasteiger partial charge in [-0.3, -0.25) is 24.0 Å². The van der Waals surface area contributed by atoms with Crippen molar-refractivity contribution < 1.29 is 34.2 Å². The van der Waals surface area contributed by atoms with Crippen LogP contribution in [0.3, 0.4) is 0 Å². The van der Waals surface area contributed by atoms with Crippen molar-refractivity contribution in [1.82, 2.24) is 0 Å². The van der Waals surface area contributed by atoms with Gasteiger partial charge in [-0.25, -0.2) is 9.80 Å². The lowest BCUT2D eigenvalue weighted by Crippen LogP contribution is -2.29. The molecule has 2 aliphatic rings. The summed E-state index contributed by atoms with van der Waals surface area (Å²) in [6.45, 7) is 0. The lowest BCUT2D eigenvalue weighted by molar-refractivity contribution is 0.0910. The topological polar surface area (TPSA) is 132 Å². The van der Waals surface area contributed by atoms with Crippen molar-refractivity contribution in [3.63, 3.8) is 0 Å². The van der Waals surface area contributed by atoms with Crippen molar-refractivity contribution in [2.24, 2.45) is 0 Å². The molecule has 9 nitrogen and oxygen atoms in total. The van der Waals surface area contributed by atoms with E-state index in [0.29, 0.717) is 32.9 Å². The Morgan fingerprint density at radius 2 is 0.804 bits per heavy atom. The molecule has 0 bridgehead atoms. The normalized spacial score (nSPS) is 14.0. The van der Waals surface area contributed by atoms with E-state index in [9.17, 15) is 34.2 Å². The van der Waals surface area contributed by atoms with E-state index in [0.717, 1.165) is 9.80 Å². The zero-order valence-electron chi connectivity index (χ0n) is 23.7. The zero-order chi connectivity index (χ0) is 31.9. The fourth-order valence-corrected chi connectivity index (χ4v) is 6.31. The van der Waals surface area contributed by atoms with Crippen LogP contribution in [-0.2, 0) is 0 Å². The molecule has 9 heteroatoms. The molecule has 0 unspecified atom stereocenters. The van der Waals surface area contributed by atoms with Crippen molar-refractivity contribution in [1.29, 1.82) is 0 Å². The molecule has 0 fully saturated rings. The number of amides is 4. The first-order chi connectivity index (χ1) is 22.2. The van der Waals surface area contributed by atoms with Crippen LogP contribution in [0.25, 0.3) is 21.5 Å². The average Bonchev–Trinajstić information content (AvgIpc) is 3.47. The number of carbonyl (C=O) groups is 5. The maximum atomic E-state index is 13.7. The number of benzene rings is 6. The van der Waals surface area contributed by atoms with E-state index < -0.39 is 29.4 Å². The summed E-state index contributed by atoms with van der Waals surface area (Å²) in [7, 11) is 0. The van der Waals surface area contributed by atoms with Crippen LogP contribution < -0.4 is 9.80 Å². The monoisotopic (exact) mass is 604 g/mol. The van der Waals surface area contributed by atoms with Crippen molar-refractivity contribution in [3.05, 3.63) is 143 Å². The lowest BCUT2D eigenvalue weighted by atomic mass is 9.96. The summed E-state index contributed by atoms with van der Waals surface area (Å²) < 4.78 is 0. The zero-order valence-corrected chi connectivity index (χ0v) is 23.7. The second kappa shape index (κ2) is 9.70. The molecule has 6 aromatic carbocycles. The molecule has 4 amide bonds. The lowest BCUT2D eigenvalue weighted by Gasteiger charge is -2.16. The number of phenolic OH excluding ortho intramolecular Hbond substituents is 2. The molecule has 46 heavy (non-hydrogen) atoms. The van der Waals surface area contributed by atoms with Crippen LogP contribution in [0.2, 0.25) is 0 Å².